The van der Waals surface area contributed by atoms with Crippen molar-refractivity contribution in [1.29, 1.82) is 0 Å². The number of para-hydroxylation sites is 1. The normalized spacial score (nSPS) is 18.3. The summed E-state index contributed by atoms with van der Waals surface area (Å²) in [6.45, 7) is 4.99. The van der Waals surface area contributed by atoms with E-state index in [4.69, 9.17) is 4.42 Å². The predicted molar refractivity (Wildman–Crippen MR) is 93.4 cm³/mol. The molecule has 24 heavy (non-hydrogen) atoms. The van der Waals surface area contributed by atoms with Gasteiger partial charge >= 0.3 is 0 Å². The predicted octanol–water partition coefficient (Wildman–Crippen LogP) is 2.75. The molecule has 0 bridgehead atoms. The van der Waals surface area contributed by atoms with Gasteiger partial charge in [-0.05, 0) is 18.6 Å². The van der Waals surface area contributed by atoms with E-state index in [2.05, 4.69) is 5.32 Å². The van der Waals surface area contributed by atoms with Crippen molar-refractivity contribution in [2.75, 3.05) is 13.1 Å². The molecule has 5 heteroatoms. The van der Waals surface area contributed by atoms with E-state index in [1.807, 2.05) is 44.2 Å². The fraction of sp³-hybridized carbons (Fsp3) is 0.368. The Hall–Kier alpha value is -2.56. The molecule has 0 aliphatic carbocycles. The average molecular weight is 326 g/mol. The highest BCUT2D eigenvalue weighted by Gasteiger charge is 2.30. The molecular formula is C19H22N2O3. The van der Waals surface area contributed by atoms with E-state index in [0.717, 1.165) is 28.7 Å². The fourth-order valence-corrected chi connectivity index (χ4v) is 3.20. The van der Waals surface area contributed by atoms with Crippen LogP contribution in [0.25, 0.3) is 17.0 Å². The summed E-state index contributed by atoms with van der Waals surface area (Å²) in [6.07, 6.45) is 4.73. The summed E-state index contributed by atoms with van der Waals surface area (Å²) >= 11 is 0. The van der Waals surface area contributed by atoms with Crippen molar-refractivity contribution in [2.24, 2.45) is 0 Å². The second-order valence-electron chi connectivity index (χ2n) is 5.87. The van der Waals surface area contributed by atoms with Crippen LogP contribution < -0.4 is 5.32 Å². The lowest BCUT2D eigenvalue weighted by atomic mass is 10.1. The summed E-state index contributed by atoms with van der Waals surface area (Å²) in [6, 6.07) is 7.42. The molecule has 2 aromatic rings. The third-order valence-corrected chi connectivity index (χ3v) is 4.43. The minimum Gasteiger partial charge on any atom is -0.460 e. The molecule has 126 valence electrons. The van der Waals surface area contributed by atoms with Gasteiger partial charge in [0.2, 0.25) is 11.8 Å². The van der Waals surface area contributed by atoms with Crippen LogP contribution in [-0.2, 0) is 16.0 Å². The van der Waals surface area contributed by atoms with Crippen molar-refractivity contribution in [3.8, 4) is 0 Å². The van der Waals surface area contributed by atoms with Gasteiger partial charge in [0.05, 0.1) is 0 Å². The summed E-state index contributed by atoms with van der Waals surface area (Å²) in [5.41, 5.74) is 1.76. The van der Waals surface area contributed by atoms with Crippen LogP contribution in [-0.4, -0.2) is 35.8 Å². The minimum atomic E-state index is -0.386. The zero-order valence-corrected chi connectivity index (χ0v) is 14.0. The number of carbonyl (C=O) groups is 2. The molecule has 1 aliphatic rings. The maximum absolute atomic E-state index is 12.6. The number of benzene rings is 1. The number of nitrogens with one attached hydrogen (secondary N) is 1. The Labute approximate surface area is 141 Å². The van der Waals surface area contributed by atoms with Crippen molar-refractivity contribution >= 4 is 28.9 Å². The third-order valence-electron chi connectivity index (χ3n) is 4.43. The van der Waals surface area contributed by atoms with E-state index in [9.17, 15) is 9.59 Å². The first-order chi connectivity index (χ1) is 11.7. The highest BCUT2D eigenvalue weighted by atomic mass is 16.3. The molecule has 0 spiro atoms. The van der Waals surface area contributed by atoms with Gasteiger partial charge in [-0.2, -0.15) is 0 Å². The van der Waals surface area contributed by atoms with Crippen LogP contribution in [0.5, 0.6) is 0 Å². The Morgan fingerprint density at radius 2 is 2.17 bits per heavy atom. The number of fused-ring (bicyclic) bond motifs is 1. The van der Waals surface area contributed by atoms with Crippen molar-refractivity contribution in [3.63, 3.8) is 0 Å². The van der Waals surface area contributed by atoms with Crippen LogP contribution in [0.3, 0.4) is 0 Å². The van der Waals surface area contributed by atoms with Gasteiger partial charge in [0.15, 0.2) is 0 Å². The van der Waals surface area contributed by atoms with Crippen molar-refractivity contribution < 1.29 is 14.0 Å². The maximum Gasteiger partial charge on any atom is 0.247 e. The van der Waals surface area contributed by atoms with E-state index in [1.54, 1.807) is 11.0 Å². The third kappa shape index (κ3) is 2.94. The molecule has 0 saturated carbocycles. The number of carbonyl (C=O) groups excluding carboxylic acids is 2. The largest absolute Gasteiger partial charge is 0.460 e. The van der Waals surface area contributed by atoms with Crippen molar-refractivity contribution in [2.45, 2.75) is 32.7 Å². The Balaban J connectivity index is 1.88. The van der Waals surface area contributed by atoms with Crippen LogP contribution >= 0.6 is 0 Å². The molecule has 1 atom stereocenters. The standard InChI is InChI=1S/C19H22N2O3/c1-3-15-19(23)20-11-12-21(15)18(22)10-9-14-13-7-5-6-8-17(13)24-16(14)4-2/h5-10,15H,3-4,11-12H2,1-2H3,(H,20,23)/b10-9+. The Morgan fingerprint density at radius 1 is 1.38 bits per heavy atom. The van der Waals surface area contributed by atoms with E-state index in [1.165, 1.54) is 0 Å². The van der Waals surface area contributed by atoms with Crippen LogP contribution in [0.15, 0.2) is 34.8 Å². The van der Waals surface area contributed by atoms with Crippen LogP contribution in [0, 0.1) is 0 Å². The Kier molecular flexibility index (Phi) is 4.69. The zero-order valence-electron chi connectivity index (χ0n) is 14.0. The first-order valence-electron chi connectivity index (χ1n) is 8.42. The highest BCUT2D eigenvalue weighted by molar-refractivity contribution is 5.98. The molecule has 1 aromatic heterocycles. The second-order valence-corrected chi connectivity index (χ2v) is 5.87. The molecule has 0 radical (unpaired) electrons. The molecule has 2 heterocycles. The Morgan fingerprint density at radius 3 is 2.92 bits per heavy atom. The second kappa shape index (κ2) is 6.91. The smallest absolute Gasteiger partial charge is 0.247 e. The van der Waals surface area contributed by atoms with E-state index < -0.39 is 0 Å². The number of hydrogen-bond acceptors (Lipinski definition) is 3. The highest BCUT2D eigenvalue weighted by Crippen LogP contribution is 2.27. The summed E-state index contributed by atoms with van der Waals surface area (Å²) < 4.78 is 5.85. The molecule has 3 rings (SSSR count). The molecule has 1 N–H and O–H groups in total. The number of amides is 2. The monoisotopic (exact) mass is 326 g/mol. The number of piperazine rings is 1. The van der Waals surface area contributed by atoms with Crippen LogP contribution in [0.4, 0.5) is 0 Å². The average Bonchev–Trinajstić information content (AvgIpc) is 2.97. The van der Waals surface area contributed by atoms with E-state index in [-0.39, 0.29) is 17.9 Å². The van der Waals surface area contributed by atoms with Crippen LogP contribution in [0.2, 0.25) is 0 Å². The number of rotatable bonds is 4. The minimum absolute atomic E-state index is 0.0755. The molecule has 1 unspecified atom stereocenters. The number of aryl methyl sites for hydroxylation is 1. The summed E-state index contributed by atoms with van der Waals surface area (Å²) in [7, 11) is 0. The van der Waals surface area contributed by atoms with E-state index in [0.29, 0.717) is 19.5 Å². The number of nitrogens with zero attached hydrogens (tertiary/aromatic N) is 1. The fourth-order valence-electron chi connectivity index (χ4n) is 3.20. The van der Waals surface area contributed by atoms with Crippen molar-refractivity contribution in [3.05, 3.63) is 41.7 Å². The summed E-state index contributed by atoms with van der Waals surface area (Å²) in [4.78, 5) is 26.1. The first-order valence-corrected chi connectivity index (χ1v) is 8.42. The zero-order chi connectivity index (χ0) is 17.1. The first kappa shape index (κ1) is 16.3. The molecule has 1 aliphatic heterocycles. The Bertz CT molecular complexity index is 791. The van der Waals surface area contributed by atoms with Gasteiger partial charge in [-0.15, -0.1) is 0 Å². The van der Waals surface area contributed by atoms with Gasteiger partial charge in [0.1, 0.15) is 17.4 Å². The summed E-state index contributed by atoms with van der Waals surface area (Å²) in [5, 5.41) is 3.81. The van der Waals surface area contributed by atoms with Gasteiger partial charge in [-0.25, -0.2) is 0 Å². The maximum atomic E-state index is 12.6. The van der Waals surface area contributed by atoms with Gasteiger partial charge in [-0.1, -0.05) is 32.0 Å². The topological polar surface area (TPSA) is 62.6 Å². The van der Waals surface area contributed by atoms with Gasteiger partial charge in [-0.3, -0.25) is 9.59 Å². The van der Waals surface area contributed by atoms with Gasteiger partial charge in [0.25, 0.3) is 0 Å². The van der Waals surface area contributed by atoms with Gasteiger partial charge in [0, 0.05) is 36.5 Å². The van der Waals surface area contributed by atoms with Gasteiger partial charge < -0.3 is 14.6 Å². The van der Waals surface area contributed by atoms with Crippen molar-refractivity contribution in [1.82, 2.24) is 10.2 Å². The molecule has 2 amide bonds. The molecule has 1 fully saturated rings. The lowest BCUT2D eigenvalue weighted by Crippen LogP contribution is -2.56. The van der Waals surface area contributed by atoms with E-state index >= 15 is 0 Å². The molecular weight excluding hydrogens is 304 g/mol. The molecule has 5 nitrogen and oxygen atoms in total. The summed E-state index contributed by atoms with van der Waals surface area (Å²) in [5.74, 6) is 0.654. The SMILES string of the molecule is CCc1oc2ccccc2c1/C=C/C(=O)N1CCNC(=O)C1CC. The molecule has 1 aromatic carbocycles. The quantitative estimate of drug-likeness (QED) is 0.879. The number of furan rings is 1. The lowest BCUT2D eigenvalue weighted by Gasteiger charge is -2.33. The molecule has 1 saturated heterocycles. The number of hydrogen-bond donors (Lipinski definition) is 1. The lowest BCUT2D eigenvalue weighted by molar-refractivity contribution is -0.140. The van der Waals surface area contributed by atoms with Crippen LogP contribution in [0.1, 0.15) is 31.6 Å².